The summed E-state index contributed by atoms with van der Waals surface area (Å²) in [5.74, 6) is 0.200. The summed E-state index contributed by atoms with van der Waals surface area (Å²) in [4.78, 5) is 17.2. The maximum atomic E-state index is 12.6. The number of sulfonamides is 1. The van der Waals surface area contributed by atoms with Crippen molar-refractivity contribution in [1.29, 1.82) is 0 Å². The first kappa shape index (κ1) is 20.9. The van der Waals surface area contributed by atoms with Gasteiger partial charge >= 0.3 is 0 Å². The minimum absolute atomic E-state index is 0.0287. The zero-order chi connectivity index (χ0) is 21.3. The number of hydrogen-bond donors (Lipinski definition) is 2. The van der Waals surface area contributed by atoms with E-state index in [1.807, 2.05) is 23.6 Å². The van der Waals surface area contributed by atoms with E-state index in [1.165, 1.54) is 35.0 Å². The second-order valence-corrected chi connectivity index (χ2v) is 9.84. The van der Waals surface area contributed by atoms with Crippen LogP contribution < -0.4 is 10.5 Å². The van der Waals surface area contributed by atoms with Gasteiger partial charge in [-0.05, 0) is 55.5 Å². The molecule has 1 aliphatic carbocycles. The number of thioether (sulfide) groups is 1. The van der Waals surface area contributed by atoms with Gasteiger partial charge in [0.25, 0.3) is 0 Å². The number of fused-ring (bicyclic) bond motifs is 2. The molecule has 3 aromatic rings. The lowest BCUT2D eigenvalue weighted by molar-refractivity contribution is -0.119. The number of amides is 1. The number of carbonyl (C=O) groups excluding carboxylic acids is 1. The molecule has 1 atom stereocenters. The Balaban J connectivity index is 1.49. The molecule has 30 heavy (non-hydrogen) atoms. The molecule has 0 saturated carbocycles. The largest absolute Gasteiger partial charge is 0.349 e. The Labute approximate surface area is 180 Å². The summed E-state index contributed by atoms with van der Waals surface area (Å²) in [5, 5.41) is 9.06. The normalized spacial score (nSPS) is 16.4. The van der Waals surface area contributed by atoms with Crippen molar-refractivity contribution in [1.82, 2.24) is 14.9 Å². The van der Waals surface area contributed by atoms with Crippen molar-refractivity contribution < 1.29 is 13.2 Å². The topological polar surface area (TPSA) is 107 Å². The number of aryl methyl sites for hydroxylation is 2. The third-order valence-electron chi connectivity index (χ3n) is 5.37. The maximum absolute atomic E-state index is 12.6. The second-order valence-electron chi connectivity index (χ2n) is 7.33. The van der Waals surface area contributed by atoms with Crippen LogP contribution in [0.1, 0.15) is 36.9 Å². The summed E-state index contributed by atoms with van der Waals surface area (Å²) in [5.41, 5.74) is 3.88. The van der Waals surface area contributed by atoms with Gasteiger partial charge in [-0.3, -0.25) is 4.79 Å². The van der Waals surface area contributed by atoms with Crippen molar-refractivity contribution in [3.05, 3.63) is 53.6 Å². The van der Waals surface area contributed by atoms with Crippen molar-refractivity contribution in [2.45, 2.75) is 48.8 Å². The number of imidazole rings is 1. The first-order chi connectivity index (χ1) is 14.4. The van der Waals surface area contributed by atoms with Crippen LogP contribution in [0.2, 0.25) is 0 Å². The fourth-order valence-corrected chi connectivity index (χ4v) is 5.37. The number of hydrogen-bond acceptors (Lipinski definition) is 5. The van der Waals surface area contributed by atoms with Gasteiger partial charge in [-0.1, -0.05) is 36.0 Å². The SMILES string of the molecule is CCn1c(SCC(=O)NC2CCCc3ccccc32)nc2cc(S(N)(=O)=O)ccc21. The molecule has 0 saturated heterocycles. The molecule has 0 aliphatic heterocycles. The van der Waals surface area contributed by atoms with Crippen molar-refractivity contribution in [3.8, 4) is 0 Å². The molecule has 1 aliphatic rings. The number of nitrogens with zero attached hydrogens (tertiary/aromatic N) is 2. The Morgan fingerprint density at radius 3 is 2.87 bits per heavy atom. The third-order valence-corrected chi connectivity index (χ3v) is 7.25. The molecule has 158 valence electrons. The molecule has 1 heterocycles. The first-order valence-corrected chi connectivity index (χ1v) is 12.4. The van der Waals surface area contributed by atoms with Gasteiger partial charge < -0.3 is 9.88 Å². The Morgan fingerprint density at radius 2 is 2.10 bits per heavy atom. The maximum Gasteiger partial charge on any atom is 0.238 e. The monoisotopic (exact) mass is 444 g/mol. The molecule has 1 unspecified atom stereocenters. The average molecular weight is 445 g/mol. The predicted molar refractivity (Wildman–Crippen MR) is 118 cm³/mol. The highest BCUT2D eigenvalue weighted by Crippen LogP contribution is 2.30. The lowest BCUT2D eigenvalue weighted by Gasteiger charge is -2.26. The summed E-state index contributed by atoms with van der Waals surface area (Å²) < 4.78 is 25.2. The van der Waals surface area contributed by atoms with Crippen molar-refractivity contribution in [2.75, 3.05) is 5.75 Å². The number of carbonyl (C=O) groups is 1. The quantitative estimate of drug-likeness (QED) is 0.569. The summed E-state index contributed by atoms with van der Waals surface area (Å²) in [6.45, 7) is 2.64. The van der Waals surface area contributed by atoms with E-state index in [0.717, 1.165) is 24.8 Å². The van der Waals surface area contributed by atoms with Gasteiger partial charge in [0.2, 0.25) is 15.9 Å². The molecule has 2 aromatic carbocycles. The summed E-state index contributed by atoms with van der Waals surface area (Å²) in [6.07, 6.45) is 3.06. The van der Waals surface area contributed by atoms with Crippen LogP contribution in [0, 0.1) is 0 Å². The number of nitrogens with two attached hydrogens (primary N) is 1. The lowest BCUT2D eigenvalue weighted by Crippen LogP contribution is -2.32. The molecule has 0 bridgehead atoms. The van der Waals surface area contributed by atoms with Crippen molar-refractivity contribution in [2.24, 2.45) is 5.14 Å². The minimum atomic E-state index is -3.79. The molecule has 1 amide bonds. The third kappa shape index (κ3) is 4.23. The van der Waals surface area contributed by atoms with Crippen LogP contribution >= 0.6 is 11.8 Å². The van der Waals surface area contributed by atoms with E-state index in [4.69, 9.17) is 5.14 Å². The molecule has 1 aromatic heterocycles. The molecular weight excluding hydrogens is 420 g/mol. The number of primary sulfonamides is 1. The van der Waals surface area contributed by atoms with E-state index in [9.17, 15) is 13.2 Å². The van der Waals surface area contributed by atoms with E-state index < -0.39 is 10.0 Å². The molecule has 3 N–H and O–H groups in total. The fraction of sp³-hybridized carbons (Fsp3) is 0.333. The van der Waals surface area contributed by atoms with E-state index in [2.05, 4.69) is 22.4 Å². The van der Waals surface area contributed by atoms with E-state index in [0.29, 0.717) is 17.2 Å². The predicted octanol–water partition coefficient (Wildman–Crippen LogP) is 2.99. The molecule has 0 radical (unpaired) electrons. The van der Waals surface area contributed by atoms with Gasteiger partial charge in [-0.25, -0.2) is 18.5 Å². The van der Waals surface area contributed by atoms with E-state index in [1.54, 1.807) is 6.07 Å². The molecule has 7 nitrogen and oxygen atoms in total. The zero-order valence-corrected chi connectivity index (χ0v) is 18.3. The summed E-state index contributed by atoms with van der Waals surface area (Å²) in [7, 11) is -3.79. The highest BCUT2D eigenvalue weighted by atomic mass is 32.2. The number of benzene rings is 2. The molecule has 9 heteroatoms. The lowest BCUT2D eigenvalue weighted by atomic mass is 9.88. The Bertz CT molecular complexity index is 1200. The van der Waals surface area contributed by atoms with Crippen molar-refractivity contribution >= 4 is 38.7 Å². The van der Waals surface area contributed by atoms with Crippen LogP contribution in [-0.2, 0) is 27.8 Å². The van der Waals surface area contributed by atoms with Gasteiger partial charge in [0.1, 0.15) is 0 Å². The smallest absolute Gasteiger partial charge is 0.238 e. The van der Waals surface area contributed by atoms with Crippen LogP contribution in [0.15, 0.2) is 52.5 Å². The summed E-state index contributed by atoms with van der Waals surface area (Å²) in [6, 6.07) is 13.0. The highest BCUT2D eigenvalue weighted by Gasteiger charge is 2.22. The van der Waals surface area contributed by atoms with Crippen LogP contribution in [0.3, 0.4) is 0 Å². The Morgan fingerprint density at radius 1 is 1.30 bits per heavy atom. The average Bonchev–Trinajstić information content (AvgIpc) is 3.08. The van der Waals surface area contributed by atoms with Crippen LogP contribution in [0.5, 0.6) is 0 Å². The number of rotatable bonds is 6. The van der Waals surface area contributed by atoms with Crippen LogP contribution in [-0.4, -0.2) is 29.6 Å². The Kier molecular flexibility index (Phi) is 5.86. The standard InChI is InChI=1S/C21H24N4O3S2/c1-2-25-19-11-10-15(30(22,27)28)12-18(19)24-21(25)29-13-20(26)23-17-9-5-7-14-6-3-4-8-16(14)17/h3-4,6,8,10-12,17H,2,5,7,9,13H2,1H3,(H,23,26)(H2,22,27,28). The second kappa shape index (κ2) is 8.41. The molecular formula is C21H24N4O3S2. The minimum Gasteiger partial charge on any atom is -0.349 e. The van der Waals surface area contributed by atoms with Crippen molar-refractivity contribution in [3.63, 3.8) is 0 Å². The Hall–Kier alpha value is -2.36. The first-order valence-electron chi connectivity index (χ1n) is 9.90. The number of nitrogens with one attached hydrogen (secondary N) is 1. The van der Waals surface area contributed by atoms with Crippen LogP contribution in [0.25, 0.3) is 11.0 Å². The van der Waals surface area contributed by atoms with Gasteiger partial charge in [-0.2, -0.15) is 0 Å². The van der Waals surface area contributed by atoms with Gasteiger partial charge in [0, 0.05) is 6.54 Å². The molecule has 4 rings (SSSR count). The number of aromatic nitrogens is 2. The van der Waals surface area contributed by atoms with Gasteiger partial charge in [-0.15, -0.1) is 0 Å². The summed E-state index contributed by atoms with van der Waals surface area (Å²) >= 11 is 1.35. The van der Waals surface area contributed by atoms with Gasteiger partial charge in [0.15, 0.2) is 5.16 Å². The van der Waals surface area contributed by atoms with Crippen LogP contribution in [0.4, 0.5) is 0 Å². The molecule has 0 spiro atoms. The highest BCUT2D eigenvalue weighted by molar-refractivity contribution is 7.99. The molecule has 0 fully saturated rings. The van der Waals surface area contributed by atoms with E-state index >= 15 is 0 Å². The zero-order valence-electron chi connectivity index (χ0n) is 16.7. The van der Waals surface area contributed by atoms with Gasteiger partial charge in [0.05, 0.1) is 27.7 Å². The fourth-order valence-electron chi connectivity index (χ4n) is 3.95. The van der Waals surface area contributed by atoms with E-state index in [-0.39, 0.29) is 22.6 Å².